The first-order valence-electron chi connectivity index (χ1n) is 11.0. The number of hydrogen-bond donors (Lipinski definition) is 1. The Balaban J connectivity index is 1.22. The van der Waals surface area contributed by atoms with Crippen molar-refractivity contribution in [1.29, 1.82) is 0 Å². The molecule has 1 aliphatic heterocycles. The molecule has 1 aliphatic rings. The molecular formula is C27H24N2O4. The lowest BCUT2D eigenvalue weighted by Gasteiger charge is -2.26. The average Bonchev–Trinajstić information content (AvgIpc) is 3.31. The molecule has 166 valence electrons. The van der Waals surface area contributed by atoms with Crippen molar-refractivity contribution in [3.8, 4) is 34.1 Å². The van der Waals surface area contributed by atoms with E-state index in [1.165, 1.54) is 0 Å². The Labute approximate surface area is 192 Å². The van der Waals surface area contributed by atoms with Gasteiger partial charge in [-0.1, -0.05) is 72.8 Å². The summed E-state index contributed by atoms with van der Waals surface area (Å²) in [5.41, 5.74) is 2.71. The van der Waals surface area contributed by atoms with Crippen LogP contribution in [0.5, 0.6) is 11.5 Å². The monoisotopic (exact) mass is 440 g/mol. The number of ether oxygens (including phenoxy) is 2. The molecular weight excluding hydrogens is 416 g/mol. The van der Waals surface area contributed by atoms with E-state index in [4.69, 9.17) is 18.9 Å². The zero-order valence-electron chi connectivity index (χ0n) is 18.1. The molecule has 6 heteroatoms. The van der Waals surface area contributed by atoms with E-state index in [2.05, 4.69) is 5.32 Å². The molecule has 1 amide bonds. The summed E-state index contributed by atoms with van der Waals surface area (Å²) in [7, 11) is 0. The maximum Gasteiger partial charge on any atom is 0.220 e. The molecule has 0 aliphatic carbocycles. The van der Waals surface area contributed by atoms with Gasteiger partial charge in [0.05, 0.1) is 6.54 Å². The minimum absolute atomic E-state index is 0.0850. The summed E-state index contributed by atoms with van der Waals surface area (Å²) in [6.07, 6.45) is 0.455. The third-order valence-corrected chi connectivity index (χ3v) is 5.42. The number of carbonyl (C=O) groups is 1. The molecule has 4 aromatic rings. The predicted molar refractivity (Wildman–Crippen MR) is 125 cm³/mol. The van der Waals surface area contributed by atoms with E-state index in [9.17, 15) is 4.79 Å². The van der Waals surface area contributed by atoms with Crippen LogP contribution in [-0.4, -0.2) is 30.1 Å². The van der Waals surface area contributed by atoms with Crippen molar-refractivity contribution in [3.63, 3.8) is 0 Å². The van der Waals surface area contributed by atoms with Gasteiger partial charge in [0.25, 0.3) is 0 Å². The average molecular weight is 440 g/mol. The SMILES string of the molecule is O=C(CCc1nc(-c2ccccc2)c(-c2ccccc2)o1)NCC1COc2ccccc2O1. The van der Waals surface area contributed by atoms with Gasteiger partial charge in [-0.3, -0.25) is 4.79 Å². The quantitative estimate of drug-likeness (QED) is 0.443. The van der Waals surface area contributed by atoms with Gasteiger partial charge < -0.3 is 19.2 Å². The molecule has 0 fully saturated rings. The Hall–Kier alpha value is -4.06. The van der Waals surface area contributed by atoms with Gasteiger partial charge in [-0.15, -0.1) is 0 Å². The minimum atomic E-state index is -0.222. The lowest BCUT2D eigenvalue weighted by molar-refractivity contribution is -0.121. The number of nitrogens with zero attached hydrogens (tertiary/aromatic N) is 1. The first kappa shape index (κ1) is 20.8. The van der Waals surface area contributed by atoms with E-state index in [0.717, 1.165) is 22.6 Å². The number of nitrogens with one attached hydrogen (secondary N) is 1. The van der Waals surface area contributed by atoms with E-state index >= 15 is 0 Å². The molecule has 1 unspecified atom stereocenters. The molecule has 1 aromatic heterocycles. The highest BCUT2D eigenvalue weighted by Gasteiger charge is 2.21. The molecule has 3 aromatic carbocycles. The van der Waals surface area contributed by atoms with Crippen LogP contribution in [0.2, 0.25) is 0 Å². The normalized spacial score (nSPS) is 14.6. The number of amides is 1. The van der Waals surface area contributed by atoms with Gasteiger partial charge in [-0.05, 0) is 12.1 Å². The number of benzene rings is 3. The summed E-state index contributed by atoms with van der Waals surface area (Å²) in [5, 5.41) is 2.92. The van der Waals surface area contributed by atoms with Crippen LogP contribution in [-0.2, 0) is 11.2 Å². The van der Waals surface area contributed by atoms with Crippen molar-refractivity contribution < 1.29 is 18.7 Å². The second-order valence-electron chi connectivity index (χ2n) is 7.82. The molecule has 0 radical (unpaired) electrons. The van der Waals surface area contributed by atoms with Crippen molar-refractivity contribution >= 4 is 5.91 Å². The van der Waals surface area contributed by atoms with Crippen LogP contribution in [0, 0.1) is 0 Å². The summed E-state index contributed by atoms with van der Waals surface area (Å²) < 4.78 is 17.7. The number of carbonyl (C=O) groups excluding carboxylic acids is 1. The summed E-state index contributed by atoms with van der Waals surface area (Å²) in [6.45, 7) is 0.779. The van der Waals surface area contributed by atoms with E-state index in [1.807, 2.05) is 84.9 Å². The second-order valence-corrected chi connectivity index (χ2v) is 7.82. The molecule has 2 heterocycles. The molecule has 0 saturated carbocycles. The maximum absolute atomic E-state index is 12.5. The van der Waals surface area contributed by atoms with Crippen LogP contribution in [0.15, 0.2) is 89.3 Å². The lowest BCUT2D eigenvalue weighted by atomic mass is 10.1. The number of fused-ring (bicyclic) bond motifs is 1. The topological polar surface area (TPSA) is 73.6 Å². The lowest BCUT2D eigenvalue weighted by Crippen LogP contribution is -2.40. The third-order valence-electron chi connectivity index (χ3n) is 5.42. The van der Waals surface area contributed by atoms with E-state index < -0.39 is 0 Å². The molecule has 5 rings (SSSR count). The minimum Gasteiger partial charge on any atom is -0.486 e. The summed E-state index contributed by atoms with van der Waals surface area (Å²) >= 11 is 0. The van der Waals surface area contributed by atoms with Crippen LogP contribution >= 0.6 is 0 Å². The van der Waals surface area contributed by atoms with Gasteiger partial charge in [0, 0.05) is 24.0 Å². The fourth-order valence-electron chi connectivity index (χ4n) is 3.75. The highest BCUT2D eigenvalue weighted by molar-refractivity contribution is 5.78. The maximum atomic E-state index is 12.5. The van der Waals surface area contributed by atoms with Crippen molar-refractivity contribution in [2.75, 3.05) is 13.2 Å². The summed E-state index contributed by atoms with van der Waals surface area (Å²) in [5.74, 6) is 2.59. The van der Waals surface area contributed by atoms with Gasteiger partial charge in [-0.2, -0.15) is 0 Å². The Morgan fingerprint density at radius 1 is 0.879 bits per heavy atom. The van der Waals surface area contributed by atoms with Gasteiger partial charge in [0.2, 0.25) is 5.91 Å². The molecule has 6 nitrogen and oxygen atoms in total. The van der Waals surface area contributed by atoms with Crippen LogP contribution in [0.3, 0.4) is 0 Å². The Morgan fingerprint density at radius 3 is 2.30 bits per heavy atom. The number of aromatic nitrogens is 1. The fourth-order valence-corrected chi connectivity index (χ4v) is 3.75. The van der Waals surface area contributed by atoms with E-state index in [0.29, 0.717) is 37.0 Å². The van der Waals surface area contributed by atoms with Crippen LogP contribution in [0.4, 0.5) is 0 Å². The predicted octanol–water partition coefficient (Wildman–Crippen LogP) is 4.90. The van der Waals surface area contributed by atoms with Crippen LogP contribution < -0.4 is 14.8 Å². The van der Waals surface area contributed by atoms with E-state index in [-0.39, 0.29) is 18.4 Å². The van der Waals surface area contributed by atoms with Crippen LogP contribution in [0.25, 0.3) is 22.6 Å². The standard InChI is InChI=1S/C27H24N2O4/c30-24(28-17-21-18-31-22-13-7-8-14-23(22)32-21)15-16-25-29-26(19-9-3-1-4-10-19)27(33-25)20-11-5-2-6-12-20/h1-14,21H,15-18H2,(H,28,30). The molecule has 33 heavy (non-hydrogen) atoms. The second kappa shape index (κ2) is 9.61. The Morgan fingerprint density at radius 2 is 1.55 bits per heavy atom. The Bertz CT molecular complexity index is 1160. The zero-order valence-corrected chi connectivity index (χ0v) is 18.1. The summed E-state index contributed by atoms with van der Waals surface area (Å²) in [6, 6.07) is 27.3. The summed E-state index contributed by atoms with van der Waals surface area (Å²) in [4.78, 5) is 17.2. The van der Waals surface area contributed by atoms with Gasteiger partial charge >= 0.3 is 0 Å². The Kier molecular flexibility index (Phi) is 6.06. The highest BCUT2D eigenvalue weighted by Crippen LogP contribution is 2.33. The van der Waals surface area contributed by atoms with Crippen molar-refractivity contribution in [2.45, 2.75) is 18.9 Å². The van der Waals surface area contributed by atoms with Crippen molar-refractivity contribution in [2.24, 2.45) is 0 Å². The molecule has 0 saturated heterocycles. The molecule has 1 atom stereocenters. The largest absolute Gasteiger partial charge is 0.486 e. The first-order valence-corrected chi connectivity index (χ1v) is 11.0. The third kappa shape index (κ3) is 4.90. The van der Waals surface area contributed by atoms with Gasteiger partial charge in [-0.25, -0.2) is 4.98 Å². The van der Waals surface area contributed by atoms with E-state index in [1.54, 1.807) is 0 Å². The molecule has 0 bridgehead atoms. The van der Waals surface area contributed by atoms with Gasteiger partial charge in [0.15, 0.2) is 23.1 Å². The fraction of sp³-hybridized carbons (Fsp3) is 0.185. The number of oxazole rings is 1. The molecule has 0 spiro atoms. The number of aryl methyl sites for hydroxylation is 1. The van der Waals surface area contributed by atoms with Gasteiger partial charge in [0.1, 0.15) is 18.4 Å². The molecule has 1 N–H and O–H groups in total. The van der Waals surface area contributed by atoms with Crippen LogP contribution in [0.1, 0.15) is 12.3 Å². The number of para-hydroxylation sites is 2. The number of hydrogen-bond acceptors (Lipinski definition) is 5. The van der Waals surface area contributed by atoms with Crippen molar-refractivity contribution in [1.82, 2.24) is 10.3 Å². The first-order chi connectivity index (χ1) is 16.3. The zero-order chi connectivity index (χ0) is 22.5. The smallest absolute Gasteiger partial charge is 0.220 e. The van der Waals surface area contributed by atoms with Crippen molar-refractivity contribution in [3.05, 3.63) is 90.8 Å². The highest BCUT2D eigenvalue weighted by atomic mass is 16.6. The number of rotatable bonds is 7.